The number of fused-ring (bicyclic) bond motifs is 4. The predicted octanol–water partition coefficient (Wildman–Crippen LogP) is 3.97. The van der Waals surface area contributed by atoms with Gasteiger partial charge in [-0.05, 0) is 55.2 Å². The number of ether oxygens (including phenoxy) is 7. The van der Waals surface area contributed by atoms with E-state index in [1.165, 1.54) is 6.92 Å². The summed E-state index contributed by atoms with van der Waals surface area (Å²) in [5.41, 5.74) is 4.07. The Hall–Kier alpha value is -4.53. The minimum atomic E-state index is -1.32. The van der Waals surface area contributed by atoms with Crippen LogP contribution >= 0.6 is 0 Å². The van der Waals surface area contributed by atoms with Crippen molar-refractivity contribution in [3.05, 3.63) is 89.5 Å². The molecule has 7 atom stereocenters. The molecular formula is C38H44N2O11. The number of methoxy groups -OCH3 is 1. The smallest absolute Gasteiger partial charge is 0.407 e. The lowest BCUT2D eigenvalue weighted by atomic mass is 9.95. The third-order valence-corrected chi connectivity index (χ3v) is 8.88. The fraction of sp³-hybridized carbons (Fsp3) is 0.447. The molecule has 1 aliphatic carbocycles. The van der Waals surface area contributed by atoms with Gasteiger partial charge in [-0.2, -0.15) is 0 Å². The summed E-state index contributed by atoms with van der Waals surface area (Å²) in [6.45, 7) is 6.04. The Morgan fingerprint density at radius 2 is 1.59 bits per heavy atom. The molecule has 0 spiro atoms. The maximum Gasteiger partial charge on any atom is 0.407 e. The molecule has 2 heterocycles. The highest BCUT2D eigenvalue weighted by molar-refractivity contribution is 5.82. The second kappa shape index (κ2) is 15.4. The molecule has 2 aliphatic heterocycles. The van der Waals surface area contributed by atoms with Gasteiger partial charge in [-0.25, -0.2) is 9.59 Å². The van der Waals surface area contributed by atoms with Crippen molar-refractivity contribution in [3.63, 3.8) is 0 Å². The number of benzene rings is 3. The molecule has 0 bridgehead atoms. The molecule has 2 amide bonds. The minimum absolute atomic E-state index is 0.0326. The number of hydrogen-bond acceptors (Lipinski definition) is 11. The van der Waals surface area contributed by atoms with Gasteiger partial charge in [0.1, 0.15) is 42.3 Å². The summed E-state index contributed by atoms with van der Waals surface area (Å²) in [7, 11) is 1.57. The summed E-state index contributed by atoms with van der Waals surface area (Å²) in [5, 5.41) is 16.7. The maximum atomic E-state index is 13.3. The largest absolute Gasteiger partial charge is 0.497 e. The molecule has 3 N–H and O–H groups in total. The first-order valence-corrected chi connectivity index (χ1v) is 16.9. The van der Waals surface area contributed by atoms with Gasteiger partial charge in [0, 0.05) is 18.4 Å². The minimum Gasteiger partial charge on any atom is -0.497 e. The van der Waals surface area contributed by atoms with Crippen molar-refractivity contribution in [3.8, 4) is 16.9 Å². The second-order valence-corrected chi connectivity index (χ2v) is 13.7. The van der Waals surface area contributed by atoms with Gasteiger partial charge in [0.25, 0.3) is 0 Å². The third kappa shape index (κ3) is 8.35. The molecule has 272 valence electrons. The average Bonchev–Trinajstić information content (AvgIpc) is 3.43. The summed E-state index contributed by atoms with van der Waals surface area (Å²) < 4.78 is 40.7. The number of esters is 1. The Morgan fingerprint density at radius 1 is 0.941 bits per heavy atom. The lowest BCUT2D eigenvalue weighted by molar-refractivity contribution is -0.344. The summed E-state index contributed by atoms with van der Waals surface area (Å²) in [5.74, 6) is -0.744. The number of hydrogen-bond donors (Lipinski definition) is 3. The van der Waals surface area contributed by atoms with Gasteiger partial charge in [0.2, 0.25) is 5.91 Å². The molecule has 0 unspecified atom stereocenters. The SMILES string of the molecule is COc1ccc([C@H]2OC[C@H]3O[C@H](OC[C@H](NC(=O)OCC4c5ccccc5-c5ccccc54)C(=O)OC(C)(C)C)[C@H](NC(C)=O)[C@@H](O)[C@H]3O2)cc1. The fourth-order valence-corrected chi connectivity index (χ4v) is 6.57. The number of rotatable bonds is 10. The monoisotopic (exact) mass is 704 g/mol. The third-order valence-electron chi connectivity index (χ3n) is 8.88. The zero-order chi connectivity index (χ0) is 36.3. The summed E-state index contributed by atoms with van der Waals surface area (Å²) in [4.78, 5) is 38.8. The van der Waals surface area contributed by atoms with E-state index in [0.29, 0.717) is 11.3 Å². The number of alkyl carbamates (subject to hydrolysis) is 1. The standard InChI is InChI=1S/C38H44N2O11/c1-21(41)39-31-32(42)33-30(20-47-35(50-33)22-14-16-23(45-5)17-15-22)49-36(31)46-19-29(34(43)51-38(2,3)4)40-37(44)48-18-28-26-12-8-6-10-24(26)25-11-7-9-13-27(25)28/h6-17,28-33,35-36,42H,18-20H2,1-5H3,(H,39,41)(H,40,44)/t29-,30+,31+,32+,33-,35-,36-/m0/s1. The Kier molecular flexibility index (Phi) is 10.9. The number of aliphatic hydroxyl groups excluding tert-OH is 1. The van der Waals surface area contributed by atoms with Crippen LogP contribution in [0, 0.1) is 0 Å². The van der Waals surface area contributed by atoms with Crippen LogP contribution in [0.25, 0.3) is 11.1 Å². The molecule has 2 saturated heterocycles. The van der Waals surface area contributed by atoms with Gasteiger partial charge < -0.3 is 48.9 Å². The number of nitrogens with one attached hydrogen (secondary N) is 2. The molecule has 3 aromatic rings. The molecule has 51 heavy (non-hydrogen) atoms. The predicted molar refractivity (Wildman–Crippen MR) is 183 cm³/mol. The van der Waals surface area contributed by atoms with Crippen molar-refractivity contribution >= 4 is 18.0 Å². The molecule has 3 aliphatic rings. The fourth-order valence-electron chi connectivity index (χ4n) is 6.57. The van der Waals surface area contributed by atoms with Crippen molar-refractivity contribution in [2.45, 2.75) is 82.2 Å². The topological polar surface area (TPSA) is 160 Å². The van der Waals surface area contributed by atoms with E-state index in [0.717, 1.165) is 22.3 Å². The first kappa shape index (κ1) is 36.3. The van der Waals surface area contributed by atoms with Crippen LogP contribution in [0.1, 0.15) is 56.6 Å². The molecule has 0 aromatic heterocycles. The summed E-state index contributed by atoms with van der Waals surface area (Å²) >= 11 is 0. The van der Waals surface area contributed by atoms with Gasteiger partial charge in [0.15, 0.2) is 18.6 Å². The van der Waals surface area contributed by atoms with E-state index in [9.17, 15) is 19.5 Å². The van der Waals surface area contributed by atoms with Crippen LogP contribution in [0.3, 0.4) is 0 Å². The summed E-state index contributed by atoms with van der Waals surface area (Å²) in [6.07, 6.45) is -5.84. The first-order chi connectivity index (χ1) is 24.4. The number of aliphatic hydroxyl groups is 1. The Balaban J connectivity index is 1.13. The molecule has 2 fully saturated rings. The molecular weight excluding hydrogens is 660 g/mol. The van der Waals surface area contributed by atoms with Crippen LogP contribution in [-0.4, -0.2) is 92.3 Å². The normalized spacial score (nSPS) is 24.7. The summed E-state index contributed by atoms with van der Waals surface area (Å²) in [6, 6.07) is 20.6. The lowest BCUT2D eigenvalue weighted by Crippen LogP contribution is -2.67. The number of carbonyl (C=O) groups excluding carboxylic acids is 3. The van der Waals surface area contributed by atoms with E-state index in [2.05, 4.69) is 10.6 Å². The highest BCUT2D eigenvalue weighted by Crippen LogP contribution is 2.44. The van der Waals surface area contributed by atoms with Crippen LogP contribution in [0.15, 0.2) is 72.8 Å². The van der Waals surface area contributed by atoms with Crippen LogP contribution in [0.2, 0.25) is 0 Å². The lowest BCUT2D eigenvalue weighted by Gasteiger charge is -2.47. The first-order valence-electron chi connectivity index (χ1n) is 16.9. The van der Waals surface area contributed by atoms with Crippen LogP contribution in [-0.2, 0) is 38.0 Å². The van der Waals surface area contributed by atoms with E-state index in [-0.39, 0.29) is 19.1 Å². The van der Waals surface area contributed by atoms with Gasteiger partial charge >= 0.3 is 12.1 Å². The highest BCUT2D eigenvalue weighted by atomic mass is 16.7. The van der Waals surface area contributed by atoms with Gasteiger partial charge in [-0.3, -0.25) is 4.79 Å². The van der Waals surface area contributed by atoms with Crippen LogP contribution < -0.4 is 15.4 Å². The van der Waals surface area contributed by atoms with Crippen molar-refractivity contribution in [1.82, 2.24) is 10.6 Å². The van der Waals surface area contributed by atoms with E-state index < -0.39 is 73.2 Å². The van der Waals surface area contributed by atoms with Crippen LogP contribution in [0.5, 0.6) is 5.75 Å². The molecule has 13 heteroatoms. The number of carbonyl (C=O) groups is 3. The van der Waals surface area contributed by atoms with Crippen molar-refractivity contribution in [2.24, 2.45) is 0 Å². The molecule has 0 saturated carbocycles. The molecule has 3 aromatic carbocycles. The van der Waals surface area contributed by atoms with Crippen molar-refractivity contribution in [2.75, 3.05) is 26.9 Å². The van der Waals surface area contributed by atoms with Gasteiger partial charge in [-0.1, -0.05) is 60.7 Å². The maximum absolute atomic E-state index is 13.3. The van der Waals surface area contributed by atoms with Gasteiger partial charge in [0.05, 0.1) is 20.3 Å². The quantitative estimate of drug-likeness (QED) is 0.262. The zero-order valence-corrected chi connectivity index (χ0v) is 29.2. The van der Waals surface area contributed by atoms with E-state index in [4.69, 9.17) is 33.2 Å². The second-order valence-electron chi connectivity index (χ2n) is 13.7. The number of amides is 2. The van der Waals surface area contributed by atoms with Gasteiger partial charge in [-0.15, -0.1) is 0 Å². The average molecular weight is 705 g/mol. The molecule has 0 radical (unpaired) electrons. The Morgan fingerprint density at radius 3 is 2.20 bits per heavy atom. The van der Waals surface area contributed by atoms with E-state index in [1.807, 2.05) is 48.5 Å². The molecule has 6 rings (SSSR count). The molecule has 13 nitrogen and oxygen atoms in total. The van der Waals surface area contributed by atoms with E-state index in [1.54, 1.807) is 52.1 Å². The van der Waals surface area contributed by atoms with Crippen molar-refractivity contribution in [1.29, 1.82) is 0 Å². The van der Waals surface area contributed by atoms with Crippen LogP contribution in [0.4, 0.5) is 4.79 Å². The van der Waals surface area contributed by atoms with Crippen molar-refractivity contribution < 1.29 is 52.6 Å². The zero-order valence-electron chi connectivity index (χ0n) is 29.2. The Labute approximate surface area is 296 Å². The highest BCUT2D eigenvalue weighted by Gasteiger charge is 2.50. The Bertz CT molecular complexity index is 1660. The van der Waals surface area contributed by atoms with E-state index >= 15 is 0 Å².